The summed E-state index contributed by atoms with van der Waals surface area (Å²) in [4.78, 5) is 0. The van der Waals surface area contributed by atoms with Crippen LogP contribution in [0, 0.1) is 12.7 Å². The zero-order valence-corrected chi connectivity index (χ0v) is 7.17. The average Bonchev–Trinajstić information content (AvgIpc) is 2.08. The van der Waals surface area contributed by atoms with Crippen molar-refractivity contribution in [2.75, 3.05) is 7.11 Å². The molecule has 0 fully saturated rings. The molecule has 3 heteroatoms. The number of nitrogens with two attached hydrogens (primary N) is 1. The topological polar surface area (TPSA) is 35.2 Å². The molecule has 0 bridgehead atoms. The molecule has 1 rings (SSSR count). The molecule has 66 valence electrons. The third kappa shape index (κ3) is 1.81. The smallest absolute Gasteiger partial charge is 0.131 e. The third-order valence-corrected chi connectivity index (χ3v) is 1.76. The summed E-state index contributed by atoms with van der Waals surface area (Å²) < 4.78 is 17.7. The Hall–Kier alpha value is -0.930. The van der Waals surface area contributed by atoms with Crippen LogP contribution >= 0.6 is 0 Å². The molecule has 1 aromatic carbocycles. The number of hydrogen-bond acceptors (Lipinski definition) is 2. The van der Waals surface area contributed by atoms with Crippen molar-refractivity contribution in [2.45, 2.75) is 13.2 Å². The first kappa shape index (κ1) is 9.16. The molecular weight excluding hydrogens is 157 g/mol. The molecule has 1 unspecified atom stereocenters. The van der Waals surface area contributed by atoms with Crippen LogP contribution in [0.25, 0.3) is 0 Å². The van der Waals surface area contributed by atoms with E-state index >= 15 is 0 Å². The molecule has 0 aliphatic heterocycles. The van der Waals surface area contributed by atoms with Crippen LogP contribution in [0.1, 0.15) is 17.4 Å². The summed E-state index contributed by atoms with van der Waals surface area (Å²) in [6.45, 7) is 1.70. The Kier molecular flexibility index (Phi) is 2.78. The van der Waals surface area contributed by atoms with Gasteiger partial charge in [-0.05, 0) is 30.2 Å². The molecule has 1 aromatic rings. The van der Waals surface area contributed by atoms with E-state index in [0.717, 1.165) is 5.56 Å². The van der Waals surface area contributed by atoms with Gasteiger partial charge in [-0.15, -0.1) is 0 Å². The lowest BCUT2D eigenvalue weighted by Crippen LogP contribution is -2.12. The standard InChI is InChI=1S/C9H12FNO/c1-6-5-7(9(11)12-2)3-4-8(6)10/h3-5,9H,11H2,1-2H3. The highest BCUT2D eigenvalue weighted by Crippen LogP contribution is 2.14. The largest absolute Gasteiger partial charge is 0.363 e. The lowest BCUT2D eigenvalue weighted by atomic mass is 10.1. The number of halogens is 1. The molecule has 0 saturated heterocycles. The Balaban J connectivity index is 2.96. The quantitative estimate of drug-likeness (QED) is 0.684. The van der Waals surface area contributed by atoms with Gasteiger partial charge in [0, 0.05) is 7.11 Å². The van der Waals surface area contributed by atoms with Crippen LogP contribution in [0.15, 0.2) is 18.2 Å². The zero-order chi connectivity index (χ0) is 9.14. The van der Waals surface area contributed by atoms with Gasteiger partial charge in [0.05, 0.1) is 0 Å². The molecule has 0 saturated carbocycles. The maximum atomic E-state index is 12.8. The first-order valence-electron chi connectivity index (χ1n) is 3.69. The van der Waals surface area contributed by atoms with Gasteiger partial charge in [0.15, 0.2) is 0 Å². The van der Waals surface area contributed by atoms with E-state index in [-0.39, 0.29) is 5.82 Å². The van der Waals surface area contributed by atoms with Gasteiger partial charge in [0.1, 0.15) is 12.0 Å². The number of ether oxygens (including phenoxy) is 1. The Labute approximate surface area is 71.1 Å². The van der Waals surface area contributed by atoms with E-state index in [1.54, 1.807) is 19.1 Å². The van der Waals surface area contributed by atoms with Crippen LogP contribution < -0.4 is 5.73 Å². The predicted octanol–water partition coefficient (Wildman–Crippen LogP) is 1.74. The van der Waals surface area contributed by atoms with E-state index in [2.05, 4.69) is 0 Å². The predicted molar refractivity (Wildman–Crippen MR) is 45.1 cm³/mol. The van der Waals surface area contributed by atoms with Crippen LogP contribution in [0.5, 0.6) is 0 Å². The highest BCUT2D eigenvalue weighted by molar-refractivity contribution is 5.25. The molecule has 0 aromatic heterocycles. The van der Waals surface area contributed by atoms with Gasteiger partial charge >= 0.3 is 0 Å². The van der Waals surface area contributed by atoms with Crippen molar-refractivity contribution in [3.05, 3.63) is 35.1 Å². The Morgan fingerprint density at radius 3 is 2.67 bits per heavy atom. The number of hydrogen-bond donors (Lipinski definition) is 1. The Morgan fingerprint density at radius 2 is 2.17 bits per heavy atom. The number of methoxy groups -OCH3 is 1. The SMILES string of the molecule is COC(N)c1ccc(F)c(C)c1. The molecule has 0 spiro atoms. The molecule has 0 heterocycles. The van der Waals surface area contributed by atoms with Crippen molar-refractivity contribution in [2.24, 2.45) is 5.73 Å². The van der Waals surface area contributed by atoms with Gasteiger partial charge in [-0.2, -0.15) is 0 Å². The van der Waals surface area contributed by atoms with E-state index in [1.165, 1.54) is 13.2 Å². The van der Waals surface area contributed by atoms with E-state index < -0.39 is 6.23 Å². The van der Waals surface area contributed by atoms with Crippen LogP contribution in [0.3, 0.4) is 0 Å². The molecule has 0 amide bonds. The maximum Gasteiger partial charge on any atom is 0.131 e. The van der Waals surface area contributed by atoms with Crippen LogP contribution in [0.2, 0.25) is 0 Å². The zero-order valence-electron chi connectivity index (χ0n) is 7.17. The molecule has 0 radical (unpaired) electrons. The monoisotopic (exact) mass is 169 g/mol. The summed E-state index contributed by atoms with van der Waals surface area (Å²) in [7, 11) is 1.52. The van der Waals surface area contributed by atoms with Gasteiger partial charge in [0.25, 0.3) is 0 Å². The maximum absolute atomic E-state index is 12.8. The molecule has 12 heavy (non-hydrogen) atoms. The summed E-state index contributed by atoms with van der Waals surface area (Å²) in [5.41, 5.74) is 6.94. The van der Waals surface area contributed by atoms with Gasteiger partial charge in [0.2, 0.25) is 0 Å². The molecule has 2 nitrogen and oxygen atoms in total. The van der Waals surface area contributed by atoms with Crippen LogP contribution in [0.4, 0.5) is 4.39 Å². The lowest BCUT2D eigenvalue weighted by molar-refractivity contribution is 0.109. The van der Waals surface area contributed by atoms with Gasteiger partial charge in [-0.25, -0.2) is 4.39 Å². The first-order chi connectivity index (χ1) is 5.65. The van der Waals surface area contributed by atoms with Crippen molar-refractivity contribution in [1.82, 2.24) is 0 Å². The minimum absolute atomic E-state index is 0.220. The van der Waals surface area contributed by atoms with E-state index in [1.807, 2.05) is 0 Å². The second kappa shape index (κ2) is 3.65. The fourth-order valence-corrected chi connectivity index (χ4v) is 0.981. The lowest BCUT2D eigenvalue weighted by Gasteiger charge is -2.10. The summed E-state index contributed by atoms with van der Waals surface area (Å²) in [5, 5.41) is 0. The van der Waals surface area contributed by atoms with E-state index in [4.69, 9.17) is 10.5 Å². The fourth-order valence-electron chi connectivity index (χ4n) is 0.981. The second-order valence-corrected chi connectivity index (χ2v) is 2.66. The summed E-state index contributed by atoms with van der Waals surface area (Å²) in [5.74, 6) is -0.220. The summed E-state index contributed by atoms with van der Waals surface area (Å²) in [6, 6.07) is 4.70. The molecule has 1 atom stereocenters. The van der Waals surface area contributed by atoms with Gasteiger partial charge < -0.3 is 10.5 Å². The Bertz CT molecular complexity index is 275. The highest BCUT2D eigenvalue weighted by Gasteiger charge is 2.05. The normalized spacial score (nSPS) is 13.0. The van der Waals surface area contributed by atoms with Crippen molar-refractivity contribution >= 4 is 0 Å². The third-order valence-electron chi connectivity index (χ3n) is 1.76. The van der Waals surface area contributed by atoms with Crippen molar-refractivity contribution < 1.29 is 9.13 Å². The number of rotatable bonds is 2. The Morgan fingerprint density at radius 1 is 1.50 bits per heavy atom. The van der Waals surface area contributed by atoms with Crippen molar-refractivity contribution in [1.29, 1.82) is 0 Å². The highest BCUT2D eigenvalue weighted by atomic mass is 19.1. The van der Waals surface area contributed by atoms with E-state index in [0.29, 0.717) is 5.56 Å². The first-order valence-corrected chi connectivity index (χ1v) is 3.69. The van der Waals surface area contributed by atoms with Gasteiger partial charge in [-0.3, -0.25) is 0 Å². The fraction of sp³-hybridized carbons (Fsp3) is 0.333. The van der Waals surface area contributed by atoms with Gasteiger partial charge in [-0.1, -0.05) is 6.07 Å². The minimum atomic E-state index is -0.468. The minimum Gasteiger partial charge on any atom is -0.363 e. The van der Waals surface area contributed by atoms with Crippen molar-refractivity contribution in [3.8, 4) is 0 Å². The number of benzene rings is 1. The second-order valence-electron chi connectivity index (χ2n) is 2.66. The molecular formula is C9H12FNO. The summed E-state index contributed by atoms with van der Waals surface area (Å²) in [6.07, 6.45) is -0.468. The average molecular weight is 169 g/mol. The van der Waals surface area contributed by atoms with E-state index in [9.17, 15) is 4.39 Å². The molecule has 0 aliphatic carbocycles. The number of aryl methyl sites for hydroxylation is 1. The van der Waals surface area contributed by atoms with Crippen LogP contribution in [-0.2, 0) is 4.74 Å². The van der Waals surface area contributed by atoms with Crippen LogP contribution in [-0.4, -0.2) is 7.11 Å². The molecule has 0 aliphatic rings. The van der Waals surface area contributed by atoms with Crippen molar-refractivity contribution in [3.63, 3.8) is 0 Å². The molecule has 2 N–H and O–H groups in total. The summed E-state index contributed by atoms with van der Waals surface area (Å²) >= 11 is 0.